The van der Waals surface area contributed by atoms with Gasteiger partial charge < -0.3 is 44.0 Å². The summed E-state index contributed by atoms with van der Waals surface area (Å²) >= 11 is 0. The van der Waals surface area contributed by atoms with Gasteiger partial charge in [-0.2, -0.15) is 26.3 Å². The number of anilines is 1. The zero-order valence-corrected chi connectivity index (χ0v) is 55.3. The van der Waals surface area contributed by atoms with Crippen molar-refractivity contribution in [2.24, 2.45) is 0 Å². The average Bonchev–Trinajstić information content (AvgIpc) is 1.61. The predicted molar refractivity (Wildman–Crippen MR) is 355 cm³/mol. The topological polar surface area (TPSA) is 147 Å². The van der Waals surface area contributed by atoms with Crippen LogP contribution in [0.5, 0.6) is 0 Å². The molecule has 2 atom stereocenters. The molecule has 3 fully saturated rings. The predicted octanol–water partition coefficient (Wildman–Crippen LogP) is 13.4. The number of carbonyl (C=O) groups is 5. The molecule has 6 aromatic carbocycles. The standard InChI is InChI=1S/C75H86F7N7O8/c1-83(36-13-5-8-22-68(91)85(3)43-44-86-38-31-62(32-39-86)89(71(94)95)65-20-12-10-18-63(65)54-15-6-4-7-16-54)49-53-23-25-55(26-24-53)66(90)21-14-37-84(2)69(92)50-96-67-47-56-17-9-11-19-64(56)72(67)33-40-87(41-34-72)42-35-73(58-27-29-61(76)30-28-58)51-88(52-97-73)70(93)57-45-59(74(77,78)79)48-60(46-57)75(80,81)82/h4,6-7,9-12,15-20,23-30,45-46,48,62,67H,5,8,13-14,21-22,31-44,47,49-52H2,1-3H3,(H,94,95)/t67-,73-/m0/s1. The van der Waals surface area contributed by atoms with Crippen LogP contribution in [0.1, 0.15) is 125 Å². The van der Waals surface area contributed by atoms with Crippen molar-refractivity contribution in [1.82, 2.24) is 29.4 Å². The molecular formula is C75H86F7N7O8. The summed E-state index contributed by atoms with van der Waals surface area (Å²) in [7, 11) is 5.62. The highest BCUT2D eigenvalue weighted by Gasteiger charge is 2.50. The molecule has 15 nitrogen and oxygen atoms in total. The summed E-state index contributed by atoms with van der Waals surface area (Å²) in [6, 6.07) is 39.4. The van der Waals surface area contributed by atoms with Crippen molar-refractivity contribution in [3.63, 3.8) is 0 Å². The van der Waals surface area contributed by atoms with Gasteiger partial charge in [0.2, 0.25) is 11.8 Å². The average molecular weight is 1350 g/mol. The van der Waals surface area contributed by atoms with E-state index < -0.39 is 64.6 Å². The third-order valence-corrected chi connectivity index (χ3v) is 20.0. The van der Waals surface area contributed by atoms with Crippen molar-refractivity contribution in [3.8, 4) is 11.1 Å². The maximum absolute atomic E-state index is 14.2. The summed E-state index contributed by atoms with van der Waals surface area (Å²) in [6.07, 6.45) is -4.09. The highest BCUT2D eigenvalue weighted by Crippen LogP contribution is 2.49. The van der Waals surface area contributed by atoms with Gasteiger partial charge in [0.1, 0.15) is 24.8 Å². The molecule has 0 saturated carbocycles. The third kappa shape index (κ3) is 17.8. The lowest BCUT2D eigenvalue weighted by Gasteiger charge is -2.44. The minimum Gasteiger partial charge on any atom is -0.465 e. The Labute approximate surface area is 562 Å². The normalized spacial score (nSPS) is 18.3. The van der Waals surface area contributed by atoms with Crippen LogP contribution in [0.2, 0.25) is 0 Å². The summed E-state index contributed by atoms with van der Waals surface area (Å²) < 4.78 is 110. The van der Waals surface area contributed by atoms with Crippen LogP contribution < -0.4 is 4.90 Å². The Hall–Kier alpha value is -8.02. The van der Waals surface area contributed by atoms with E-state index in [4.69, 9.17) is 9.47 Å². The van der Waals surface area contributed by atoms with Gasteiger partial charge >= 0.3 is 18.4 Å². The summed E-state index contributed by atoms with van der Waals surface area (Å²) in [5.41, 5.74) is 1.35. The van der Waals surface area contributed by atoms with Gasteiger partial charge in [-0.1, -0.05) is 116 Å². The number of unbranched alkanes of at least 4 members (excludes halogenated alkanes) is 2. The van der Waals surface area contributed by atoms with Gasteiger partial charge in [0, 0.05) is 101 Å². The van der Waals surface area contributed by atoms with E-state index in [1.807, 2.05) is 98.0 Å². The number of ether oxygens (including phenoxy) is 2. The minimum atomic E-state index is -5.15. The first kappa shape index (κ1) is 71.7. The van der Waals surface area contributed by atoms with Crippen molar-refractivity contribution in [1.29, 1.82) is 0 Å². The molecule has 3 heterocycles. The molecule has 0 radical (unpaired) electrons. The van der Waals surface area contributed by atoms with Crippen molar-refractivity contribution in [2.45, 2.75) is 119 Å². The number of benzene rings is 6. The largest absolute Gasteiger partial charge is 0.465 e. The number of Topliss-reactive ketones (excluding diaryl/α,β-unsaturated/α-hetero) is 1. The third-order valence-electron chi connectivity index (χ3n) is 20.0. The lowest BCUT2D eigenvalue weighted by atomic mass is 9.72. The molecule has 0 bridgehead atoms. The molecule has 0 unspecified atom stereocenters. The second kappa shape index (κ2) is 31.7. The Kier molecular flexibility index (Phi) is 23.4. The number of rotatable bonds is 27. The summed E-state index contributed by atoms with van der Waals surface area (Å²) in [4.78, 5) is 79.3. The van der Waals surface area contributed by atoms with Crippen LogP contribution in [-0.2, 0) is 55.4 Å². The van der Waals surface area contributed by atoms with Crippen LogP contribution in [0.3, 0.4) is 0 Å². The van der Waals surface area contributed by atoms with E-state index in [1.54, 1.807) is 16.8 Å². The fraction of sp³-hybridized carbons (Fsp3) is 0.453. The first-order chi connectivity index (χ1) is 46.4. The molecule has 518 valence electrons. The number of carboxylic acid groups (broad SMARTS) is 1. The number of fused-ring (bicyclic) bond motifs is 2. The van der Waals surface area contributed by atoms with Crippen molar-refractivity contribution < 1.29 is 69.3 Å². The molecule has 1 N–H and O–H groups in total. The number of ketones is 1. The molecule has 3 saturated heterocycles. The van der Waals surface area contributed by atoms with Gasteiger partial charge in [-0.05, 0) is 149 Å². The Morgan fingerprint density at radius 2 is 1.29 bits per heavy atom. The quantitative estimate of drug-likeness (QED) is 0.0299. The van der Waals surface area contributed by atoms with Crippen LogP contribution in [0.4, 0.5) is 41.2 Å². The molecule has 1 aliphatic carbocycles. The zero-order chi connectivity index (χ0) is 69.1. The van der Waals surface area contributed by atoms with Crippen LogP contribution in [0.25, 0.3) is 11.1 Å². The smallest absolute Gasteiger partial charge is 0.416 e. The number of para-hydroxylation sites is 1. The zero-order valence-electron chi connectivity index (χ0n) is 55.3. The Morgan fingerprint density at radius 1 is 0.649 bits per heavy atom. The van der Waals surface area contributed by atoms with Gasteiger partial charge in [-0.15, -0.1) is 0 Å². The number of nitrogens with zero attached hydrogens (tertiary/aromatic N) is 7. The second-order valence-electron chi connectivity index (χ2n) is 26.5. The Morgan fingerprint density at radius 3 is 1.97 bits per heavy atom. The maximum atomic E-state index is 14.2. The van der Waals surface area contributed by atoms with E-state index in [-0.39, 0.29) is 61.8 Å². The highest BCUT2D eigenvalue weighted by atomic mass is 19.4. The first-order valence-electron chi connectivity index (χ1n) is 33.5. The van der Waals surface area contributed by atoms with Crippen LogP contribution in [-0.4, -0.2) is 176 Å². The molecule has 3 aliphatic heterocycles. The van der Waals surface area contributed by atoms with E-state index >= 15 is 0 Å². The van der Waals surface area contributed by atoms with Gasteiger partial charge in [-0.3, -0.25) is 24.1 Å². The van der Waals surface area contributed by atoms with Crippen LogP contribution in [0, 0.1) is 5.82 Å². The van der Waals surface area contributed by atoms with Crippen LogP contribution >= 0.6 is 0 Å². The van der Waals surface area contributed by atoms with Crippen molar-refractivity contribution >= 4 is 35.3 Å². The second-order valence-corrected chi connectivity index (χ2v) is 26.5. The number of likely N-dealkylation sites (N-methyl/N-ethyl adjacent to an activating group) is 2. The molecular weight excluding hydrogens is 1260 g/mol. The number of halogens is 7. The van der Waals surface area contributed by atoms with Crippen LogP contribution in [0.15, 0.2) is 146 Å². The van der Waals surface area contributed by atoms with Crippen molar-refractivity contribution in [2.75, 3.05) is 105 Å². The summed E-state index contributed by atoms with van der Waals surface area (Å²) in [6.45, 7) is 5.60. The van der Waals surface area contributed by atoms with Crippen molar-refractivity contribution in [3.05, 3.63) is 196 Å². The molecule has 97 heavy (non-hydrogen) atoms. The Balaban J connectivity index is 0.616. The van der Waals surface area contributed by atoms with E-state index in [0.29, 0.717) is 113 Å². The lowest BCUT2D eigenvalue weighted by Crippen LogP contribution is -2.50. The van der Waals surface area contributed by atoms with Gasteiger partial charge in [0.25, 0.3) is 5.91 Å². The molecule has 22 heteroatoms. The van der Waals surface area contributed by atoms with E-state index in [9.17, 15) is 59.8 Å². The minimum absolute atomic E-state index is 0.0150. The van der Waals surface area contributed by atoms with Gasteiger partial charge in [-0.25, -0.2) is 9.18 Å². The molecule has 6 aromatic rings. The van der Waals surface area contributed by atoms with E-state index in [2.05, 4.69) is 33.9 Å². The fourth-order valence-corrected chi connectivity index (χ4v) is 14.4. The molecule has 1 spiro atoms. The SMILES string of the molecule is CN(CCCCCC(=O)N(C)CCN1CCC(N(C(=O)O)c2ccccc2-c2ccccc2)CC1)Cc1ccc(C(=O)CCCN(C)C(=O)CO[C@H]2Cc3ccccc3C23CCN(CC[C@@]2(c4ccc(F)cc4)CN(C(=O)c4cc(C(F)(F)F)cc(C(F)(F)F)c4)CO2)CC3)cc1. The number of hydrogen-bond acceptors (Lipinski definition) is 10. The first-order valence-corrected chi connectivity index (χ1v) is 33.5. The fourth-order valence-electron chi connectivity index (χ4n) is 14.4. The van der Waals surface area contributed by atoms with E-state index in [1.165, 1.54) is 29.2 Å². The lowest BCUT2D eigenvalue weighted by molar-refractivity contribution is -0.143. The number of hydrogen-bond donors (Lipinski definition) is 1. The molecule has 4 amide bonds. The van der Waals surface area contributed by atoms with E-state index in [0.717, 1.165) is 78.2 Å². The highest BCUT2D eigenvalue weighted by molar-refractivity contribution is 5.96. The number of piperidine rings is 2. The summed E-state index contributed by atoms with van der Waals surface area (Å²) in [5, 5.41) is 10.4. The Bertz CT molecular complexity index is 3640. The molecule has 4 aliphatic rings. The maximum Gasteiger partial charge on any atom is 0.416 e. The van der Waals surface area contributed by atoms with Gasteiger partial charge in [0.15, 0.2) is 5.78 Å². The number of carbonyl (C=O) groups excluding carboxylic acids is 4. The van der Waals surface area contributed by atoms with Gasteiger partial charge in [0.05, 0.1) is 29.5 Å². The molecule has 0 aromatic heterocycles. The number of likely N-dealkylation sites (tertiary alicyclic amines) is 2. The number of amides is 4. The summed E-state index contributed by atoms with van der Waals surface area (Å²) in [5.74, 6) is -1.71. The number of alkyl halides is 6. The molecule has 10 rings (SSSR count). The monoisotopic (exact) mass is 1350 g/mol.